The summed E-state index contributed by atoms with van der Waals surface area (Å²) in [5, 5.41) is 3.16. The predicted octanol–water partition coefficient (Wildman–Crippen LogP) is 0.988. The summed E-state index contributed by atoms with van der Waals surface area (Å²) in [6, 6.07) is 3.53. The van der Waals surface area contributed by atoms with E-state index in [0.717, 1.165) is 13.1 Å². The Morgan fingerprint density at radius 3 is 3.22 bits per heavy atom. The van der Waals surface area contributed by atoms with Crippen molar-refractivity contribution in [3.05, 3.63) is 23.5 Å². The molecule has 5 heteroatoms. The second-order valence-electron chi connectivity index (χ2n) is 5.02. The van der Waals surface area contributed by atoms with Crippen molar-refractivity contribution < 1.29 is 9.69 Å². The number of halogens is 1. The molecule has 0 aromatic carbocycles. The van der Waals surface area contributed by atoms with Crippen LogP contribution in [0.4, 0.5) is 5.69 Å². The van der Waals surface area contributed by atoms with Gasteiger partial charge in [-0.2, -0.15) is 0 Å². The van der Waals surface area contributed by atoms with E-state index in [0.29, 0.717) is 23.3 Å². The van der Waals surface area contributed by atoms with Crippen molar-refractivity contribution >= 4 is 23.2 Å². The van der Waals surface area contributed by atoms with Gasteiger partial charge in [0, 0.05) is 12.1 Å². The van der Waals surface area contributed by atoms with Crippen molar-refractivity contribution in [1.29, 1.82) is 0 Å². The van der Waals surface area contributed by atoms with Crippen LogP contribution >= 0.6 is 11.6 Å². The number of nitrogens with zero attached hydrogens (tertiary/aromatic N) is 1. The molecule has 1 aromatic rings. The summed E-state index contributed by atoms with van der Waals surface area (Å²) in [6.45, 7) is 4.91. The highest BCUT2D eigenvalue weighted by Gasteiger charge is 2.22. The Labute approximate surface area is 112 Å². The number of amides is 1. The molecule has 98 valence electrons. The van der Waals surface area contributed by atoms with Gasteiger partial charge in [0.2, 0.25) is 0 Å². The van der Waals surface area contributed by atoms with E-state index in [4.69, 9.17) is 11.6 Å². The Balaban J connectivity index is 1.87. The molecule has 2 heterocycles. The molecule has 0 aliphatic carbocycles. The van der Waals surface area contributed by atoms with Crippen LogP contribution in [0, 0.1) is 5.92 Å². The molecular formula is C13H19ClN3O+. The molecule has 0 radical (unpaired) electrons. The Bertz CT molecular complexity index is 424. The van der Waals surface area contributed by atoms with Gasteiger partial charge in [-0.15, -0.1) is 0 Å². The molecule has 2 atom stereocenters. The lowest BCUT2D eigenvalue weighted by atomic mass is 10.0. The fourth-order valence-electron chi connectivity index (χ4n) is 2.46. The third-order valence-electron chi connectivity index (χ3n) is 3.31. The fourth-order valence-corrected chi connectivity index (χ4v) is 2.63. The van der Waals surface area contributed by atoms with E-state index in [-0.39, 0.29) is 5.91 Å². The van der Waals surface area contributed by atoms with Crippen molar-refractivity contribution in [1.82, 2.24) is 4.98 Å². The Morgan fingerprint density at radius 2 is 2.50 bits per heavy atom. The summed E-state index contributed by atoms with van der Waals surface area (Å²) >= 11 is 5.90. The number of nitrogens with one attached hydrogen (secondary N) is 2. The average Bonchev–Trinajstić information content (AvgIpc) is 2.32. The summed E-state index contributed by atoms with van der Waals surface area (Å²) in [6.07, 6.45) is 4.09. The minimum absolute atomic E-state index is 0.00833. The lowest BCUT2D eigenvalue weighted by molar-refractivity contribution is -0.900. The van der Waals surface area contributed by atoms with Gasteiger partial charge in [-0.3, -0.25) is 4.79 Å². The first-order chi connectivity index (χ1) is 8.65. The first-order valence-corrected chi connectivity index (χ1v) is 6.77. The van der Waals surface area contributed by atoms with E-state index >= 15 is 0 Å². The molecule has 1 saturated heterocycles. The van der Waals surface area contributed by atoms with Gasteiger partial charge in [0.1, 0.15) is 0 Å². The second-order valence-corrected chi connectivity index (χ2v) is 5.38. The summed E-state index contributed by atoms with van der Waals surface area (Å²) in [5.74, 6) is 0.720. The van der Waals surface area contributed by atoms with Gasteiger partial charge in [0.05, 0.1) is 18.8 Å². The largest absolute Gasteiger partial charge is 0.327 e. The molecule has 18 heavy (non-hydrogen) atoms. The Kier molecular flexibility index (Phi) is 4.55. The predicted molar refractivity (Wildman–Crippen MR) is 71.8 cm³/mol. The summed E-state index contributed by atoms with van der Waals surface area (Å²) < 4.78 is 0. The summed E-state index contributed by atoms with van der Waals surface area (Å²) in [5.41, 5.74) is 0.591. The van der Waals surface area contributed by atoms with Gasteiger partial charge >= 0.3 is 0 Å². The molecule has 1 amide bonds. The van der Waals surface area contributed by atoms with E-state index in [1.54, 1.807) is 18.3 Å². The number of aromatic nitrogens is 1. The zero-order valence-electron chi connectivity index (χ0n) is 10.6. The van der Waals surface area contributed by atoms with Gasteiger partial charge in [0.15, 0.2) is 11.7 Å². The van der Waals surface area contributed by atoms with Crippen LogP contribution in [0.2, 0.25) is 5.15 Å². The number of carbonyl (C=O) groups is 1. The van der Waals surface area contributed by atoms with Gasteiger partial charge < -0.3 is 10.2 Å². The highest BCUT2D eigenvalue weighted by Crippen LogP contribution is 2.16. The number of hydrogen-bond acceptors (Lipinski definition) is 2. The number of quaternary nitrogens is 1. The first kappa shape index (κ1) is 13.3. The quantitative estimate of drug-likeness (QED) is 0.803. The maximum atomic E-state index is 11.9. The maximum Gasteiger partial charge on any atom is 0.279 e. The number of likely N-dealkylation sites (tertiary alicyclic amines) is 1. The van der Waals surface area contributed by atoms with Crippen LogP contribution in [0.5, 0.6) is 0 Å². The van der Waals surface area contributed by atoms with Crippen LogP contribution in [0.1, 0.15) is 19.8 Å². The number of rotatable bonds is 3. The number of pyridine rings is 1. The van der Waals surface area contributed by atoms with Gasteiger partial charge in [-0.25, -0.2) is 4.98 Å². The third kappa shape index (κ3) is 3.68. The minimum Gasteiger partial charge on any atom is -0.327 e. The first-order valence-electron chi connectivity index (χ1n) is 6.39. The zero-order valence-corrected chi connectivity index (χ0v) is 11.3. The second kappa shape index (κ2) is 6.16. The Morgan fingerprint density at radius 1 is 1.67 bits per heavy atom. The molecule has 0 saturated carbocycles. The van der Waals surface area contributed by atoms with E-state index in [2.05, 4.69) is 17.2 Å². The SMILES string of the molecule is C[C@H]1CCC[NH+](CC(=O)Nc2cccnc2Cl)C1. The lowest BCUT2D eigenvalue weighted by Gasteiger charge is -2.27. The van der Waals surface area contributed by atoms with Crippen molar-refractivity contribution in [2.75, 3.05) is 25.0 Å². The molecule has 0 spiro atoms. The molecule has 1 aliphatic rings. The smallest absolute Gasteiger partial charge is 0.279 e. The van der Waals surface area contributed by atoms with Crippen molar-refractivity contribution in [2.24, 2.45) is 5.92 Å². The van der Waals surface area contributed by atoms with E-state index in [9.17, 15) is 4.79 Å². The molecule has 2 rings (SSSR count). The van der Waals surface area contributed by atoms with Crippen LogP contribution < -0.4 is 10.2 Å². The molecule has 1 aromatic heterocycles. The van der Waals surface area contributed by atoms with Crippen LogP contribution in [0.25, 0.3) is 0 Å². The topological polar surface area (TPSA) is 46.4 Å². The summed E-state index contributed by atoms with van der Waals surface area (Å²) in [7, 11) is 0. The van der Waals surface area contributed by atoms with Crippen LogP contribution in [0.3, 0.4) is 0 Å². The fraction of sp³-hybridized carbons (Fsp3) is 0.538. The van der Waals surface area contributed by atoms with E-state index < -0.39 is 0 Å². The number of piperidine rings is 1. The van der Waals surface area contributed by atoms with Gasteiger partial charge in [-0.1, -0.05) is 18.5 Å². The normalized spacial score (nSPS) is 23.7. The summed E-state index contributed by atoms with van der Waals surface area (Å²) in [4.78, 5) is 17.2. The van der Waals surface area contributed by atoms with Crippen molar-refractivity contribution in [2.45, 2.75) is 19.8 Å². The zero-order chi connectivity index (χ0) is 13.0. The molecule has 1 fully saturated rings. The molecule has 0 bridgehead atoms. The van der Waals surface area contributed by atoms with Crippen molar-refractivity contribution in [3.8, 4) is 0 Å². The van der Waals surface area contributed by atoms with Gasteiger partial charge in [-0.05, 0) is 25.0 Å². The lowest BCUT2D eigenvalue weighted by Crippen LogP contribution is -3.14. The highest BCUT2D eigenvalue weighted by atomic mass is 35.5. The van der Waals surface area contributed by atoms with E-state index in [1.807, 2.05) is 0 Å². The van der Waals surface area contributed by atoms with Crippen LogP contribution in [-0.2, 0) is 4.79 Å². The molecule has 1 aliphatic heterocycles. The molecule has 1 unspecified atom stereocenters. The maximum absolute atomic E-state index is 11.9. The van der Waals surface area contributed by atoms with Gasteiger partial charge in [0.25, 0.3) is 5.91 Å². The standard InChI is InChI=1S/C13H18ClN3O/c1-10-4-3-7-17(8-10)9-12(18)16-11-5-2-6-15-13(11)14/h2,5-6,10H,3-4,7-9H2,1H3,(H,16,18)/p+1/t10-/m0/s1. The molecule has 2 N–H and O–H groups in total. The molecule has 4 nitrogen and oxygen atoms in total. The monoisotopic (exact) mass is 268 g/mol. The minimum atomic E-state index is 0.00833. The molecular weight excluding hydrogens is 250 g/mol. The van der Waals surface area contributed by atoms with Crippen molar-refractivity contribution in [3.63, 3.8) is 0 Å². The van der Waals surface area contributed by atoms with Crippen LogP contribution in [-0.4, -0.2) is 30.5 Å². The number of anilines is 1. The number of carbonyl (C=O) groups excluding carboxylic acids is 1. The average molecular weight is 269 g/mol. The van der Waals surface area contributed by atoms with E-state index in [1.165, 1.54) is 17.7 Å². The highest BCUT2D eigenvalue weighted by molar-refractivity contribution is 6.32. The number of hydrogen-bond donors (Lipinski definition) is 2. The van der Waals surface area contributed by atoms with Crippen LogP contribution in [0.15, 0.2) is 18.3 Å². The third-order valence-corrected chi connectivity index (χ3v) is 3.61. The Hall–Kier alpha value is -1.13.